The van der Waals surface area contributed by atoms with E-state index < -0.39 is 0 Å². The maximum atomic E-state index is 6.96. The Morgan fingerprint density at radius 1 is 0.264 bits per heavy atom. The highest BCUT2D eigenvalue weighted by Crippen LogP contribution is 2.48. The molecule has 0 saturated carbocycles. The van der Waals surface area contributed by atoms with Crippen molar-refractivity contribution in [2.75, 3.05) is 0 Å². The van der Waals surface area contributed by atoms with Crippen molar-refractivity contribution < 1.29 is 4.42 Å². The van der Waals surface area contributed by atoms with E-state index in [1.54, 1.807) is 0 Å². The topological polar surface area (TPSA) is 13.1 Å². The van der Waals surface area contributed by atoms with E-state index in [-0.39, 0.29) is 0 Å². The van der Waals surface area contributed by atoms with Crippen LogP contribution in [-0.4, -0.2) is 0 Å². The van der Waals surface area contributed by atoms with Gasteiger partial charge in [-0.25, -0.2) is 0 Å². The number of rotatable bonds is 2. The summed E-state index contributed by atoms with van der Waals surface area (Å²) in [4.78, 5) is 0. The van der Waals surface area contributed by atoms with E-state index in [1.165, 1.54) is 108 Å². The second-order valence-electron chi connectivity index (χ2n) is 14.7. The SMILES string of the molecule is c1ccc2c(c1)ccc1oc3c(-c4ccc5ccc6cccc7ccc4c5c67)cc(-c4ccc5c6ccccc6c6cccc7ccc4c5c76)cc3c12. The summed E-state index contributed by atoms with van der Waals surface area (Å²) in [5.74, 6) is 0. The molecule has 0 atom stereocenters. The van der Waals surface area contributed by atoms with Crippen LogP contribution in [0.15, 0.2) is 174 Å². The van der Waals surface area contributed by atoms with Gasteiger partial charge in [0.05, 0.1) is 0 Å². The van der Waals surface area contributed by atoms with Crippen molar-refractivity contribution in [2.24, 2.45) is 0 Å². The highest BCUT2D eigenvalue weighted by molar-refractivity contribution is 6.35. The van der Waals surface area contributed by atoms with Crippen molar-refractivity contribution in [3.8, 4) is 22.3 Å². The molecule has 1 aromatic heterocycles. The van der Waals surface area contributed by atoms with Crippen LogP contribution in [0, 0.1) is 0 Å². The van der Waals surface area contributed by atoms with Crippen LogP contribution < -0.4 is 0 Å². The molecule has 0 fully saturated rings. The Balaban J connectivity index is 1.20. The molecule has 1 heterocycles. The lowest BCUT2D eigenvalue weighted by Gasteiger charge is -2.18. The highest BCUT2D eigenvalue weighted by atomic mass is 16.3. The lowest BCUT2D eigenvalue weighted by Crippen LogP contribution is -1.91. The number of hydrogen-bond donors (Lipinski definition) is 0. The molecule has 0 N–H and O–H groups in total. The van der Waals surface area contributed by atoms with Gasteiger partial charge in [-0.1, -0.05) is 152 Å². The van der Waals surface area contributed by atoms with Gasteiger partial charge in [-0.3, -0.25) is 0 Å². The fourth-order valence-electron chi connectivity index (χ4n) is 9.85. The van der Waals surface area contributed by atoms with Gasteiger partial charge < -0.3 is 4.42 Å². The molecule has 242 valence electrons. The monoisotopic (exact) mass is 668 g/mol. The molecule has 1 heteroatoms. The fourth-order valence-corrected chi connectivity index (χ4v) is 9.85. The summed E-state index contributed by atoms with van der Waals surface area (Å²) in [6.45, 7) is 0. The molecule has 0 spiro atoms. The molecule has 53 heavy (non-hydrogen) atoms. The molecule has 0 unspecified atom stereocenters. The van der Waals surface area contributed by atoms with Crippen LogP contribution in [0.1, 0.15) is 0 Å². The summed E-state index contributed by atoms with van der Waals surface area (Å²) >= 11 is 0. The Hall–Kier alpha value is -6.96. The minimum absolute atomic E-state index is 0.914. The summed E-state index contributed by atoms with van der Waals surface area (Å²) < 4.78 is 6.96. The van der Waals surface area contributed by atoms with Gasteiger partial charge in [0.15, 0.2) is 0 Å². The molecule has 0 bridgehead atoms. The smallest absolute Gasteiger partial charge is 0.143 e. The molecular weight excluding hydrogens is 641 g/mol. The lowest BCUT2D eigenvalue weighted by atomic mass is 9.85. The summed E-state index contributed by atoms with van der Waals surface area (Å²) in [5.41, 5.74) is 6.57. The van der Waals surface area contributed by atoms with E-state index in [4.69, 9.17) is 4.42 Å². The minimum atomic E-state index is 0.914. The summed E-state index contributed by atoms with van der Waals surface area (Å²) in [6.07, 6.45) is 0. The maximum Gasteiger partial charge on any atom is 0.143 e. The van der Waals surface area contributed by atoms with Crippen LogP contribution in [0.4, 0.5) is 0 Å². The van der Waals surface area contributed by atoms with E-state index in [0.717, 1.165) is 22.1 Å². The predicted octanol–water partition coefficient (Wildman–Crippen LogP) is 15.0. The largest absolute Gasteiger partial charge is 0.455 e. The fraction of sp³-hybridized carbons (Fsp3) is 0. The zero-order valence-electron chi connectivity index (χ0n) is 28.6. The molecule has 0 saturated heterocycles. The van der Waals surface area contributed by atoms with Crippen molar-refractivity contribution in [3.05, 3.63) is 170 Å². The second kappa shape index (κ2) is 9.88. The number of fused-ring (bicyclic) bond motifs is 8. The lowest BCUT2D eigenvalue weighted by molar-refractivity contribution is 0.670. The van der Waals surface area contributed by atoms with Crippen LogP contribution >= 0.6 is 0 Å². The molecule has 0 aliphatic rings. The van der Waals surface area contributed by atoms with E-state index in [2.05, 4.69) is 170 Å². The van der Waals surface area contributed by atoms with Crippen molar-refractivity contribution in [2.45, 2.75) is 0 Å². The second-order valence-corrected chi connectivity index (χ2v) is 14.7. The summed E-state index contributed by atoms with van der Waals surface area (Å²) in [6, 6.07) is 63.1. The molecule has 0 aliphatic carbocycles. The zero-order chi connectivity index (χ0) is 34.4. The van der Waals surface area contributed by atoms with Crippen LogP contribution in [0.2, 0.25) is 0 Å². The molecule has 13 rings (SSSR count). The van der Waals surface area contributed by atoms with Gasteiger partial charge in [0.2, 0.25) is 0 Å². The minimum Gasteiger partial charge on any atom is -0.455 e. The first-order valence-electron chi connectivity index (χ1n) is 18.4. The maximum absolute atomic E-state index is 6.96. The Bertz CT molecular complexity index is 3660. The predicted molar refractivity (Wildman–Crippen MR) is 227 cm³/mol. The Morgan fingerprint density at radius 2 is 0.792 bits per heavy atom. The zero-order valence-corrected chi connectivity index (χ0v) is 28.6. The molecule has 0 amide bonds. The third-order valence-electron chi connectivity index (χ3n) is 12.1. The first-order chi connectivity index (χ1) is 26.3. The van der Waals surface area contributed by atoms with Gasteiger partial charge in [0.25, 0.3) is 0 Å². The molecule has 12 aromatic carbocycles. The van der Waals surface area contributed by atoms with Gasteiger partial charge in [0, 0.05) is 16.3 Å². The molecule has 1 nitrogen and oxygen atoms in total. The first-order valence-corrected chi connectivity index (χ1v) is 18.4. The van der Waals surface area contributed by atoms with Crippen molar-refractivity contribution in [1.29, 1.82) is 0 Å². The normalized spacial score (nSPS) is 12.5. The van der Waals surface area contributed by atoms with E-state index in [9.17, 15) is 0 Å². The number of benzene rings is 12. The molecule has 0 radical (unpaired) electrons. The Morgan fingerprint density at radius 3 is 1.60 bits per heavy atom. The average Bonchev–Trinajstić information content (AvgIpc) is 3.61. The van der Waals surface area contributed by atoms with Crippen LogP contribution in [-0.2, 0) is 0 Å². The Labute approximate surface area is 303 Å². The summed E-state index contributed by atoms with van der Waals surface area (Å²) in [7, 11) is 0. The Kier molecular flexibility index (Phi) is 5.17. The van der Waals surface area contributed by atoms with Gasteiger partial charge in [-0.2, -0.15) is 0 Å². The molecule has 0 aliphatic heterocycles. The van der Waals surface area contributed by atoms with E-state index in [1.807, 2.05) is 0 Å². The quantitative estimate of drug-likeness (QED) is 0.132. The third-order valence-corrected chi connectivity index (χ3v) is 12.1. The highest BCUT2D eigenvalue weighted by Gasteiger charge is 2.22. The van der Waals surface area contributed by atoms with Crippen molar-refractivity contribution >= 4 is 108 Å². The standard InChI is InChI=1S/C52H28O/c1-2-11-36-29(7-1)20-26-46-50(36)45-28-34(35-24-25-43-38-13-4-3-12-37(38)40-14-6-10-32-19-22-41(35)51(43)49(32)40)27-44(52(45)53-46)39-21-17-33-16-15-30-8-5-9-31-18-23-42(39)48(33)47(30)31/h1-28H. The first kappa shape index (κ1) is 27.7. The average molecular weight is 669 g/mol. The van der Waals surface area contributed by atoms with Gasteiger partial charge in [-0.05, 0) is 121 Å². The number of hydrogen-bond acceptors (Lipinski definition) is 1. The van der Waals surface area contributed by atoms with Crippen LogP contribution in [0.3, 0.4) is 0 Å². The molecular formula is C52H28O. The van der Waals surface area contributed by atoms with Crippen LogP contribution in [0.5, 0.6) is 0 Å². The van der Waals surface area contributed by atoms with Crippen LogP contribution in [0.25, 0.3) is 130 Å². The third kappa shape index (κ3) is 3.56. The van der Waals surface area contributed by atoms with Gasteiger partial charge in [-0.15, -0.1) is 0 Å². The van der Waals surface area contributed by atoms with E-state index in [0.29, 0.717) is 0 Å². The van der Waals surface area contributed by atoms with E-state index >= 15 is 0 Å². The summed E-state index contributed by atoms with van der Waals surface area (Å²) in [5, 5.41) is 22.9. The van der Waals surface area contributed by atoms with Crippen molar-refractivity contribution in [1.82, 2.24) is 0 Å². The van der Waals surface area contributed by atoms with Crippen molar-refractivity contribution in [3.63, 3.8) is 0 Å². The van der Waals surface area contributed by atoms with Gasteiger partial charge in [0.1, 0.15) is 11.2 Å². The number of furan rings is 1. The molecule has 13 aromatic rings. The van der Waals surface area contributed by atoms with Gasteiger partial charge >= 0.3 is 0 Å².